The third-order valence-electron chi connectivity index (χ3n) is 8.57. The summed E-state index contributed by atoms with van der Waals surface area (Å²) in [5.74, 6) is -3.38. The van der Waals surface area contributed by atoms with Crippen LogP contribution < -0.4 is 16.0 Å². The maximum Gasteiger partial charge on any atom is 0.326 e. The maximum atomic E-state index is 14.0. The lowest BCUT2D eigenvalue weighted by Gasteiger charge is -2.37. The Hall–Kier alpha value is -6.55. The van der Waals surface area contributed by atoms with Gasteiger partial charge in [-0.15, -0.1) is 0 Å². The number of para-hydroxylation sites is 1. The number of nitrogens with one attached hydrogen (secondary N) is 4. The molecule has 0 radical (unpaired) electrons. The molecule has 0 spiro atoms. The molecule has 0 aliphatic rings. The lowest BCUT2D eigenvalue weighted by Crippen LogP contribution is -2.55. The van der Waals surface area contributed by atoms with Crippen LogP contribution >= 0.6 is 0 Å². The Kier molecular flexibility index (Phi) is 10.1. The number of carboxylic acids is 1. The normalized spacial score (nSPS) is 12.4. The number of rotatable bonds is 13. The van der Waals surface area contributed by atoms with Crippen molar-refractivity contribution in [2.45, 2.75) is 30.5 Å². The maximum absolute atomic E-state index is 14.0. The largest absolute Gasteiger partial charge is 0.480 e. The van der Waals surface area contributed by atoms with Crippen molar-refractivity contribution < 1.29 is 24.3 Å². The van der Waals surface area contributed by atoms with E-state index in [9.17, 15) is 24.3 Å². The van der Waals surface area contributed by atoms with Gasteiger partial charge in [0.15, 0.2) is 0 Å². The van der Waals surface area contributed by atoms with E-state index in [4.69, 9.17) is 0 Å². The van der Waals surface area contributed by atoms with Crippen LogP contribution in [0.25, 0.3) is 10.9 Å². The van der Waals surface area contributed by atoms with E-state index in [1.165, 1.54) is 12.3 Å². The molecule has 1 unspecified atom stereocenters. The van der Waals surface area contributed by atoms with Crippen LogP contribution in [0.4, 0.5) is 0 Å². The number of hydrogen-bond acceptors (Lipinski definition) is 5. The number of aromatic nitrogens is 2. The molecule has 0 saturated carbocycles. The zero-order chi connectivity index (χ0) is 34.9. The van der Waals surface area contributed by atoms with E-state index in [-0.39, 0.29) is 12.1 Å². The number of benzene rings is 4. The molecule has 0 aliphatic heterocycles. The molecule has 2 atom stereocenters. The third kappa shape index (κ3) is 7.29. The molecule has 5 N–H and O–H groups in total. The van der Waals surface area contributed by atoms with Crippen molar-refractivity contribution in [3.8, 4) is 0 Å². The second-order valence-corrected chi connectivity index (χ2v) is 11.8. The Morgan fingerprint density at radius 3 is 1.80 bits per heavy atom. The molecule has 6 aromatic rings. The first-order valence-electron chi connectivity index (χ1n) is 16.1. The van der Waals surface area contributed by atoms with Gasteiger partial charge in [0.25, 0.3) is 5.91 Å². The van der Waals surface area contributed by atoms with Gasteiger partial charge < -0.3 is 26.0 Å². The number of pyridine rings is 1. The van der Waals surface area contributed by atoms with Crippen LogP contribution in [-0.2, 0) is 26.3 Å². The Balaban J connectivity index is 1.28. The molecule has 50 heavy (non-hydrogen) atoms. The number of hydrogen-bond donors (Lipinski definition) is 5. The first-order valence-corrected chi connectivity index (χ1v) is 16.1. The van der Waals surface area contributed by atoms with Crippen LogP contribution in [-0.4, -0.2) is 50.8 Å². The van der Waals surface area contributed by atoms with Gasteiger partial charge in [-0.1, -0.05) is 115 Å². The second kappa shape index (κ2) is 15.1. The summed E-state index contributed by atoms with van der Waals surface area (Å²) in [6.45, 7) is 0. The van der Waals surface area contributed by atoms with Crippen LogP contribution in [0.3, 0.4) is 0 Å². The highest BCUT2D eigenvalue weighted by Crippen LogP contribution is 2.37. The van der Waals surface area contributed by atoms with E-state index in [1.807, 2.05) is 115 Å². The molecule has 3 amide bonds. The molecule has 2 heterocycles. The fraction of sp³-hybridized carbons (Fsp3) is 0.125. The van der Waals surface area contributed by atoms with Crippen molar-refractivity contribution in [3.05, 3.63) is 174 Å². The minimum atomic E-state index is -1.61. The van der Waals surface area contributed by atoms with E-state index in [0.29, 0.717) is 0 Å². The zero-order valence-electron chi connectivity index (χ0n) is 27.0. The van der Waals surface area contributed by atoms with Crippen LogP contribution in [0, 0.1) is 0 Å². The summed E-state index contributed by atoms with van der Waals surface area (Å²) < 4.78 is 0. The smallest absolute Gasteiger partial charge is 0.326 e. The predicted octanol–water partition coefficient (Wildman–Crippen LogP) is 4.97. The molecule has 0 aliphatic carbocycles. The molecule has 2 aromatic heterocycles. The van der Waals surface area contributed by atoms with E-state index in [2.05, 4.69) is 25.9 Å². The van der Waals surface area contributed by atoms with Crippen LogP contribution in [0.2, 0.25) is 0 Å². The van der Waals surface area contributed by atoms with Gasteiger partial charge in [-0.3, -0.25) is 19.4 Å². The summed E-state index contributed by atoms with van der Waals surface area (Å²) in [5, 5.41) is 19.5. The number of aromatic amines is 1. The number of fused-ring (bicyclic) bond motifs is 1. The number of nitrogens with zero attached hydrogens (tertiary/aromatic N) is 1. The molecule has 250 valence electrons. The summed E-state index contributed by atoms with van der Waals surface area (Å²) in [6, 6.07) is 37.8. The van der Waals surface area contributed by atoms with Crippen molar-refractivity contribution in [3.63, 3.8) is 0 Å². The minimum absolute atomic E-state index is 0.0477. The summed E-state index contributed by atoms with van der Waals surface area (Å²) in [6.07, 6.45) is 2.68. The van der Waals surface area contributed by atoms with E-state index in [0.717, 1.165) is 33.2 Å². The highest BCUT2D eigenvalue weighted by Gasteiger charge is 2.39. The van der Waals surface area contributed by atoms with Gasteiger partial charge in [0, 0.05) is 29.7 Å². The SMILES string of the molecule is O=C(CC(NC(=O)[C@H](Cc1c[nH]c2ccccc12)NC(=O)c1ccccn1)C(=O)O)NC(c1ccccc1)(c1ccccc1)c1ccccc1. The van der Waals surface area contributed by atoms with E-state index >= 15 is 0 Å². The molecule has 6 rings (SSSR count). The topological polar surface area (TPSA) is 153 Å². The van der Waals surface area contributed by atoms with Crippen LogP contribution in [0.5, 0.6) is 0 Å². The fourth-order valence-electron chi connectivity index (χ4n) is 6.16. The minimum Gasteiger partial charge on any atom is -0.480 e. The fourth-order valence-corrected chi connectivity index (χ4v) is 6.16. The molecule has 10 heteroatoms. The number of aliphatic carboxylic acids is 1. The van der Waals surface area contributed by atoms with Crippen molar-refractivity contribution in [2.75, 3.05) is 0 Å². The van der Waals surface area contributed by atoms with E-state index in [1.54, 1.807) is 18.3 Å². The third-order valence-corrected chi connectivity index (χ3v) is 8.57. The Bertz CT molecular complexity index is 1990. The summed E-state index contributed by atoms with van der Waals surface area (Å²) in [5.41, 5.74) is 2.79. The van der Waals surface area contributed by atoms with Gasteiger partial charge in [-0.25, -0.2) is 4.79 Å². The van der Waals surface area contributed by atoms with Crippen molar-refractivity contribution >= 4 is 34.6 Å². The van der Waals surface area contributed by atoms with Crippen LogP contribution in [0.1, 0.15) is 39.2 Å². The van der Waals surface area contributed by atoms with Gasteiger partial charge in [-0.2, -0.15) is 0 Å². The average Bonchev–Trinajstić information content (AvgIpc) is 3.57. The summed E-state index contributed by atoms with van der Waals surface area (Å²) in [4.78, 5) is 60.9. The Morgan fingerprint density at radius 2 is 1.24 bits per heavy atom. The average molecular weight is 666 g/mol. The Labute approximate surface area is 288 Å². The number of carbonyl (C=O) groups excluding carboxylic acids is 3. The molecule has 10 nitrogen and oxygen atoms in total. The molecule has 0 bridgehead atoms. The van der Waals surface area contributed by atoms with Gasteiger partial charge in [0.1, 0.15) is 23.3 Å². The quantitative estimate of drug-likeness (QED) is 0.110. The molecular formula is C40H35N5O5. The van der Waals surface area contributed by atoms with Crippen molar-refractivity contribution in [1.82, 2.24) is 25.9 Å². The molecule has 4 aromatic carbocycles. The lowest BCUT2D eigenvalue weighted by molar-refractivity contribution is -0.144. The van der Waals surface area contributed by atoms with Crippen molar-refractivity contribution in [2.24, 2.45) is 0 Å². The van der Waals surface area contributed by atoms with Crippen LogP contribution in [0.15, 0.2) is 146 Å². The van der Waals surface area contributed by atoms with Crippen molar-refractivity contribution in [1.29, 1.82) is 0 Å². The monoisotopic (exact) mass is 665 g/mol. The lowest BCUT2D eigenvalue weighted by atomic mass is 9.77. The highest BCUT2D eigenvalue weighted by molar-refractivity contribution is 5.98. The number of carbonyl (C=O) groups is 4. The number of amides is 3. The standard InChI is InChI=1S/C40H35N5O5/c46-36(45-40(28-14-4-1-5-15-28,29-16-6-2-7-17-29)30-18-8-3-9-19-30)25-35(39(49)50)44-38(48)34(43-37(47)33-22-12-13-23-41-33)24-27-26-42-32-21-11-10-20-31(27)32/h1-23,26,34-35,42H,24-25H2,(H,43,47)(H,44,48)(H,45,46)(H,49,50)/t34-,35?/m0/s1. The highest BCUT2D eigenvalue weighted by atomic mass is 16.4. The first-order chi connectivity index (χ1) is 24.3. The van der Waals surface area contributed by atoms with Gasteiger partial charge in [-0.05, 0) is 40.5 Å². The summed E-state index contributed by atoms with van der Waals surface area (Å²) in [7, 11) is 0. The molecule has 0 fully saturated rings. The first kappa shape index (κ1) is 33.4. The van der Waals surface area contributed by atoms with E-state index < -0.39 is 47.7 Å². The molecule has 0 saturated heterocycles. The second-order valence-electron chi connectivity index (χ2n) is 11.8. The van der Waals surface area contributed by atoms with Gasteiger partial charge in [0.05, 0.1) is 6.42 Å². The van der Waals surface area contributed by atoms with Gasteiger partial charge >= 0.3 is 5.97 Å². The zero-order valence-corrected chi connectivity index (χ0v) is 27.0. The summed E-state index contributed by atoms with van der Waals surface area (Å²) >= 11 is 0. The molecular weight excluding hydrogens is 630 g/mol. The predicted molar refractivity (Wildman–Crippen MR) is 189 cm³/mol. The Morgan fingerprint density at radius 1 is 0.680 bits per heavy atom. The number of carboxylic acid groups (broad SMARTS) is 1. The number of H-pyrrole nitrogens is 1. The van der Waals surface area contributed by atoms with Gasteiger partial charge in [0.2, 0.25) is 11.8 Å².